The van der Waals surface area contributed by atoms with Crippen molar-refractivity contribution in [1.29, 1.82) is 0 Å². The zero-order valence-electron chi connectivity index (χ0n) is 13.5. The third kappa shape index (κ3) is 4.63. The van der Waals surface area contributed by atoms with Crippen LogP contribution >= 0.6 is 0 Å². The van der Waals surface area contributed by atoms with Crippen LogP contribution in [0.2, 0.25) is 0 Å². The minimum absolute atomic E-state index is 0.201. The van der Waals surface area contributed by atoms with Crippen LogP contribution in [-0.4, -0.2) is 37.1 Å². The topological polar surface area (TPSA) is 41.6 Å². The van der Waals surface area contributed by atoms with Crippen molar-refractivity contribution in [2.75, 3.05) is 26.3 Å². The summed E-state index contributed by atoms with van der Waals surface area (Å²) in [5.74, 6) is -0.546. The van der Waals surface area contributed by atoms with Gasteiger partial charge in [-0.2, -0.15) is 0 Å². The summed E-state index contributed by atoms with van der Waals surface area (Å²) < 4.78 is 18.2. The Morgan fingerprint density at radius 2 is 1.62 bits per heavy atom. The molecule has 5 heteroatoms. The number of halogens is 1. The highest BCUT2D eigenvalue weighted by Crippen LogP contribution is 2.10. The summed E-state index contributed by atoms with van der Waals surface area (Å²) in [7, 11) is 0. The van der Waals surface area contributed by atoms with Crippen LogP contribution in [0.25, 0.3) is 0 Å². The van der Waals surface area contributed by atoms with Crippen LogP contribution in [0.3, 0.4) is 0 Å². The summed E-state index contributed by atoms with van der Waals surface area (Å²) in [6.45, 7) is 4.91. The first-order valence-electron chi connectivity index (χ1n) is 8.12. The minimum atomic E-state index is -0.345. The monoisotopic (exact) mass is 328 g/mol. The lowest BCUT2D eigenvalue weighted by Crippen LogP contribution is -2.35. The van der Waals surface area contributed by atoms with Crippen molar-refractivity contribution < 1.29 is 13.9 Å². The van der Waals surface area contributed by atoms with Crippen LogP contribution in [0.5, 0.6) is 0 Å². The molecular weight excluding hydrogens is 307 g/mol. The standard InChI is InChI=1S/C19H21FN2O2/c20-18-7-5-17(6-8-18)19(23)21-13-15-1-3-16(4-2-15)14-22-9-11-24-12-10-22/h1-8H,9-14H2,(H,21,23). The molecule has 0 spiro atoms. The Kier molecular flexibility index (Phi) is 5.56. The second-order valence-electron chi connectivity index (χ2n) is 5.89. The maximum Gasteiger partial charge on any atom is 0.251 e. The molecule has 0 aliphatic carbocycles. The average molecular weight is 328 g/mol. The van der Waals surface area contributed by atoms with Gasteiger partial charge in [0.25, 0.3) is 5.91 Å². The summed E-state index contributed by atoms with van der Waals surface area (Å²) in [4.78, 5) is 14.4. The number of carbonyl (C=O) groups is 1. The largest absolute Gasteiger partial charge is 0.379 e. The molecule has 24 heavy (non-hydrogen) atoms. The highest BCUT2D eigenvalue weighted by atomic mass is 19.1. The van der Waals surface area contributed by atoms with Crippen molar-refractivity contribution in [2.45, 2.75) is 13.1 Å². The van der Waals surface area contributed by atoms with Gasteiger partial charge in [-0.25, -0.2) is 4.39 Å². The lowest BCUT2D eigenvalue weighted by molar-refractivity contribution is 0.0342. The van der Waals surface area contributed by atoms with Gasteiger partial charge in [-0.15, -0.1) is 0 Å². The summed E-state index contributed by atoms with van der Waals surface area (Å²) in [6, 6.07) is 13.8. The van der Waals surface area contributed by atoms with Crippen molar-refractivity contribution in [1.82, 2.24) is 10.2 Å². The molecule has 1 amide bonds. The van der Waals surface area contributed by atoms with Crippen molar-refractivity contribution in [3.63, 3.8) is 0 Å². The molecule has 0 bridgehead atoms. The van der Waals surface area contributed by atoms with Gasteiger partial charge in [-0.3, -0.25) is 9.69 Å². The zero-order valence-corrected chi connectivity index (χ0v) is 13.5. The number of hydrogen-bond donors (Lipinski definition) is 1. The first kappa shape index (κ1) is 16.6. The Morgan fingerprint density at radius 3 is 2.29 bits per heavy atom. The van der Waals surface area contributed by atoms with Crippen LogP contribution in [0, 0.1) is 5.82 Å². The Morgan fingerprint density at radius 1 is 1.00 bits per heavy atom. The van der Waals surface area contributed by atoms with Gasteiger partial charge in [0, 0.05) is 31.7 Å². The van der Waals surface area contributed by atoms with Crippen LogP contribution in [0.4, 0.5) is 4.39 Å². The molecule has 1 fully saturated rings. The van der Waals surface area contributed by atoms with E-state index in [0.29, 0.717) is 12.1 Å². The molecule has 3 rings (SSSR count). The maximum atomic E-state index is 12.9. The summed E-state index contributed by atoms with van der Waals surface area (Å²) in [6.07, 6.45) is 0. The fraction of sp³-hybridized carbons (Fsp3) is 0.316. The van der Waals surface area contributed by atoms with Crippen LogP contribution in [0.1, 0.15) is 21.5 Å². The smallest absolute Gasteiger partial charge is 0.251 e. The van der Waals surface area contributed by atoms with Crippen molar-refractivity contribution in [3.05, 3.63) is 71.0 Å². The number of nitrogens with one attached hydrogen (secondary N) is 1. The van der Waals surface area contributed by atoms with Crippen molar-refractivity contribution in [3.8, 4) is 0 Å². The molecule has 0 atom stereocenters. The number of nitrogens with zero attached hydrogens (tertiary/aromatic N) is 1. The van der Waals surface area contributed by atoms with E-state index in [1.165, 1.54) is 29.8 Å². The van der Waals surface area contributed by atoms with E-state index in [0.717, 1.165) is 38.4 Å². The lowest BCUT2D eigenvalue weighted by Gasteiger charge is -2.26. The van der Waals surface area contributed by atoms with E-state index >= 15 is 0 Å². The van der Waals surface area contributed by atoms with Gasteiger partial charge in [0.2, 0.25) is 0 Å². The Labute approximate surface area is 141 Å². The molecule has 126 valence electrons. The molecule has 4 nitrogen and oxygen atoms in total. The number of hydrogen-bond acceptors (Lipinski definition) is 3. The fourth-order valence-electron chi connectivity index (χ4n) is 2.67. The zero-order chi connectivity index (χ0) is 16.8. The highest BCUT2D eigenvalue weighted by Gasteiger charge is 2.10. The van der Waals surface area contributed by atoms with E-state index in [-0.39, 0.29) is 11.7 Å². The molecule has 2 aromatic carbocycles. The molecule has 2 aromatic rings. The predicted octanol–water partition coefficient (Wildman–Crippen LogP) is 2.59. The van der Waals surface area contributed by atoms with Crippen LogP contribution in [-0.2, 0) is 17.8 Å². The molecule has 0 radical (unpaired) electrons. The molecule has 1 aliphatic rings. The summed E-state index contributed by atoms with van der Waals surface area (Å²) in [5, 5.41) is 2.85. The molecule has 1 heterocycles. The second kappa shape index (κ2) is 8.04. The average Bonchev–Trinajstić information content (AvgIpc) is 2.62. The molecular formula is C19H21FN2O2. The SMILES string of the molecule is O=C(NCc1ccc(CN2CCOCC2)cc1)c1ccc(F)cc1. The predicted molar refractivity (Wildman–Crippen MR) is 90.1 cm³/mol. The van der Waals surface area contributed by atoms with Crippen LogP contribution in [0.15, 0.2) is 48.5 Å². The molecule has 0 aromatic heterocycles. The van der Waals surface area contributed by atoms with E-state index in [1.54, 1.807) is 0 Å². The molecule has 1 saturated heterocycles. The fourth-order valence-corrected chi connectivity index (χ4v) is 2.67. The Hall–Kier alpha value is -2.24. The van der Waals surface area contributed by atoms with Crippen LogP contribution < -0.4 is 5.32 Å². The lowest BCUT2D eigenvalue weighted by atomic mass is 10.1. The van der Waals surface area contributed by atoms with Gasteiger partial charge >= 0.3 is 0 Å². The van der Waals surface area contributed by atoms with Gasteiger partial charge < -0.3 is 10.1 Å². The first-order valence-corrected chi connectivity index (χ1v) is 8.12. The molecule has 1 aliphatic heterocycles. The van der Waals surface area contributed by atoms with E-state index in [4.69, 9.17) is 4.74 Å². The van der Waals surface area contributed by atoms with Gasteiger partial charge in [0.05, 0.1) is 13.2 Å². The third-order valence-electron chi connectivity index (χ3n) is 4.09. The normalized spacial score (nSPS) is 15.2. The van der Waals surface area contributed by atoms with Gasteiger partial charge in [-0.05, 0) is 35.4 Å². The second-order valence-corrected chi connectivity index (χ2v) is 5.89. The summed E-state index contributed by atoms with van der Waals surface area (Å²) in [5.41, 5.74) is 2.75. The minimum Gasteiger partial charge on any atom is -0.379 e. The van der Waals surface area contributed by atoms with Crippen molar-refractivity contribution in [2.24, 2.45) is 0 Å². The first-order chi connectivity index (χ1) is 11.7. The van der Waals surface area contributed by atoms with Crippen molar-refractivity contribution >= 4 is 5.91 Å². The van der Waals surface area contributed by atoms with E-state index in [2.05, 4.69) is 22.3 Å². The number of carbonyl (C=O) groups excluding carboxylic acids is 1. The number of amides is 1. The Bertz CT molecular complexity index is 665. The van der Waals surface area contributed by atoms with E-state index < -0.39 is 0 Å². The van der Waals surface area contributed by atoms with E-state index in [9.17, 15) is 9.18 Å². The highest BCUT2D eigenvalue weighted by molar-refractivity contribution is 5.94. The molecule has 1 N–H and O–H groups in total. The maximum absolute atomic E-state index is 12.9. The number of rotatable bonds is 5. The Balaban J connectivity index is 1.50. The van der Waals surface area contributed by atoms with E-state index in [1.807, 2.05) is 12.1 Å². The number of morpholine rings is 1. The number of ether oxygens (including phenoxy) is 1. The number of benzene rings is 2. The molecule has 0 unspecified atom stereocenters. The van der Waals surface area contributed by atoms with Gasteiger partial charge in [0.15, 0.2) is 0 Å². The summed E-state index contributed by atoms with van der Waals surface area (Å²) >= 11 is 0. The van der Waals surface area contributed by atoms with Gasteiger partial charge in [0.1, 0.15) is 5.82 Å². The molecule has 0 saturated carbocycles. The third-order valence-corrected chi connectivity index (χ3v) is 4.09. The quantitative estimate of drug-likeness (QED) is 0.917. The van der Waals surface area contributed by atoms with Gasteiger partial charge in [-0.1, -0.05) is 24.3 Å².